The third-order valence-corrected chi connectivity index (χ3v) is 2.58. The Labute approximate surface area is 84.9 Å². The molecule has 1 unspecified atom stereocenters. The van der Waals surface area contributed by atoms with E-state index in [1.54, 1.807) is 0 Å². The molecule has 0 saturated carbocycles. The number of nitrogens with two attached hydrogens (primary N) is 1. The van der Waals surface area contributed by atoms with E-state index in [0.29, 0.717) is 5.88 Å². The Morgan fingerprint density at radius 1 is 1.38 bits per heavy atom. The van der Waals surface area contributed by atoms with E-state index in [1.165, 1.54) is 16.7 Å². The third-order valence-electron chi connectivity index (χ3n) is 2.18. The van der Waals surface area contributed by atoms with Crippen molar-refractivity contribution in [2.45, 2.75) is 26.3 Å². The molecule has 72 valence electrons. The Hall–Kier alpha value is -0.530. The van der Waals surface area contributed by atoms with Gasteiger partial charge < -0.3 is 5.73 Å². The predicted molar refractivity (Wildman–Crippen MR) is 58.3 cm³/mol. The molecule has 2 heteroatoms. The highest BCUT2D eigenvalue weighted by molar-refractivity contribution is 6.18. The summed E-state index contributed by atoms with van der Waals surface area (Å²) >= 11 is 5.67. The van der Waals surface area contributed by atoms with Crippen molar-refractivity contribution < 1.29 is 0 Å². The van der Waals surface area contributed by atoms with Crippen LogP contribution in [0.3, 0.4) is 0 Å². The van der Waals surface area contributed by atoms with E-state index in [4.69, 9.17) is 17.3 Å². The Balaban J connectivity index is 2.81. The second-order valence-electron chi connectivity index (χ2n) is 3.55. The fourth-order valence-electron chi connectivity index (χ4n) is 1.36. The average molecular weight is 198 g/mol. The van der Waals surface area contributed by atoms with Crippen LogP contribution in [0.5, 0.6) is 0 Å². The van der Waals surface area contributed by atoms with Gasteiger partial charge in [0.05, 0.1) is 0 Å². The van der Waals surface area contributed by atoms with Gasteiger partial charge in [0.15, 0.2) is 0 Å². The molecule has 0 spiro atoms. The molecule has 13 heavy (non-hydrogen) atoms. The van der Waals surface area contributed by atoms with Crippen LogP contribution in [-0.2, 0) is 6.42 Å². The molecule has 0 aliphatic heterocycles. The van der Waals surface area contributed by atoms with Gasteiger partial charge in [-0.1, -0.05) is 23.8 Å². The summed E-state index contributed by atoms with van der Waals surface area (Å²) < 4.78 is 0. The summed E-state index contributed by atoms with van der Waals surface area (Å²) in [5.74, 6) is 0.521. The summed E-state index contributed by atoms with van der Waals surface area (Å²) in [6.45, 7) is 4.20. The Morgan fingerprint density at radius 3 is 2.69 bits per heavy atom. The Bertz CT molecular complexity index is 283. The van der Waals surface area contributed by atoms with Crippen molar-refractivity contribution in [3.05, 3.63) is 34.9 Å². The first-order valence-electron chi connectivity index (χ1n) is 4.51. The van der Waals surface area contributed by atoms with Crippen LogP contribution in [0.25, 0.3) is 0 Å². The summed E-state index contributed by atoms with van der Waals surface area (Å²) in [6, 6.07) is 6.50. The predicted octanol–water partition coefficient (Wildman–Crippen LogP) is 2.41. The van der Waals surface area contributed by atoms with Crippen LogP contribution in [0, 0.1) is 13.8 Å². The summed E-state index contributed by atoms with van der Waals surface area (Å²) in [5.41, 5.74) is 9.68. The SMILES string of the molecule is Cc1ccc(C)c(CC(N)CCl)c1. The molecule has 1 nitrogen and oxygen atoms in total. The summed E-state index contributed by atoms with van der Waals surface area (Å²) in [6.07, 6.45) is 0.872. The minimum atomic E-state index is 0.0715. The van der Waals surface area contributed by atoms with E-state index in [1.807, 2.05) is 0 Å². The van der Waals surface area contributed by atoms with E-state index in [2.05, 4.69) is 32.0 Å². The number of halogens is 1. The van der Waals surface area contributed by atoms with E-state index < -0.39 is 0 Å². The van der Waals surface area contributed by atoms with Gasteiger partial charge in [0.25, 0.3) is 0 Å². The van der Waals surface area contributed by atoms with E-state index >= 15 is 0 Å². The minimum Gasteiger partial charge on any atom is -0.326 e. The van der Waals surface area contributed by atoms with Crippen molar-refractivity contribution in [2.75, 3.05) is 5.88 Å². The lowest BCUT2D eigenvalue weighted by molar-refractivity contribution is 0.741. The van der Waals surface area contributed by atoms with Gasteiger partial charge in [0.1, 0.15) is 0 Å². The second kappa shape index (κ2) is 4.64. The molecule has 0 bridgehead atoms. The minimum absolute atomic E-state index is 0.0715. The lowest BCUT2D eigenvalue weighted by atomic mass is 10.00. The Morgan fingerprint density at radius 2 is 2.08 bits per heavy atom. The molecule has 1 rings (SSSR count). The summed E-state index contributed by atoms with van der Waals surface area (Å²) in [4.78, 5) is 0. The van der Waals surface area contributed by atoms with Gasteiger partial charge in [-0.05, 0) is 31.4 Å². The van der Waals surface area contributed by atoms with Gasteiger partial charge in [-0.25, -0.2) is 0 Å². The molecule has 0 amide bonds. The maximum Gasteiger partial charge on any atom is 0.0378 e. The van der Waals surface area contributed by atoms with Crippen molar-refractivity contribution >= 4 is 11.6 Å². The molecule has 0 radical (unpaired) electrons. The lowest BCUT2D eigenvalue weighted by Gasteiger charge is -2.10. The largest absolute Gasteiger partial charge is 0.326 e. The third kappa shape index (κ3) is 3.02. The number of rotatable bonds is 3. The zero-order chi connectivity index (χ0) is 9.84. The first-order chi connectivity index (χ1) is 6.13. The highest BCUT2D eigenvalue weighted by Gasteiger charge is 2.04. The first kappa shape index (κ1) is 10.6. The summed E-state index contributed by atoms with van der Waals surface area (Å²) in [5, 5.41) is 0. The van der Waals surface area contributed by atoms with Crippen molar-refractivity contribution in [1.82, 2.24) is 0 Å². The highest BCUT2D eigenvalue weighted by atomic mass is 35.5. The van der Waals surface area contributed by atoms with Gasteiger partial charge in [-0.3, -0.25) is 0 Å². The molecule has 2 N–H and O–H groups in total. The fourth-order valence-corrected chi connectivity index (χ4v) is 1.47. The standard InChI is InChI=1S/C11H16ClN/c1-8-3-4-9(2)10(5-8)6-11(13)7-12/h3-5,11H,6-7,13H2,1-2H3. The topological polar surface area (TPSA) is 26.0 Å². The van der Waals surface area contributed by atoms with Crippen LogP contribution in [0.4, 0.5) is 0 Å². The smallest absolute Gasteiger partial charge is 0.0378 e. The molecule has 0 aliphatic carbocycles. The van der Waals surface area contributed by atoms with E-state index in [9.17, 15) is 0 Å². The molecule has 1 aromatic rings. The number of benzene rings is 1. The Kier molecular flexibility index (Phi) is 3.76. The van der Waals surface area contributed by atoms with Crippen LogP contribution in [0.15, 0.2) is 18.2 Å². The van der Waals surface area contributed by atoms with Gasteiger partial charge in [-0.2, -0.15) is 0 Å². The van der Waals surface area contributed by atoms with Crippen LogP contribution >= 0.6 is 11.6 Å². The molecule has 0 aliphatic rings. The number of hydrogen-bond acceptors (Lipinski definition) is 1. The quantitative estimate of drug-likeness (QED) is 0.741. The fraction of sp³-hybridized carbons (Fsp3) is 0.455. The number of hydrogen-bond donors (Lipinski definition) is 1. The highest BCUT2D eigenvalue weighted by Crippen LogP contribution is 2.12. The molecule has 0 saturated heterocycles. The maximum atomic E-state index is 5.79. The normalized spacial score (nSPS) is 12.9. The van der Waals surface area contributed by atoms with Crippen molar-refractivity contribution in [1.29, 1.82) is 0 Å². The van der Waals surface area contributed by atoms with Gasteiger partial charge >= 0.3 is 0 Å². The van der Waals surface area contributed by atoms with Crippen LogP contribution in [0.2, 0.25) is 0 Å². The van der Waals surface area contributed by atoms with Crippen molar-refractivity contribution in [3.8, 4) is 0 Å². The van der Waals surface area contributed by atoms with Gasteiger partial charge in [-0.15, -0.1) is 11.6 Å². The zero-order valence-electron chi connectivity index (χ0n) is 8.18. The number of aryl methyl sites for hydroxylation is 2. The number of alkyl halides is 1. The molecule has 0 heterocycles. The van der Waals surface area contributed by atoms with Gasteiger partial charge in [0, 0.05) is 11.9 Å². The van der Waals surface area contributed by atoms with Crippen LogP contribution in [0.1, 0.15) is 16.7 Å². The van der Waals surface area contributed by atoms with Gasteiger partial charge in [0.2, 0.25) is 0 Å². The molecular weight excluding hydrogens is 182 g/mol. The monoisotopic (exact) mass is 197 g/mol. The van der Waals surface area contributed by atoms with E-state index in [-0.39, 0.29) is 6.04 Å². The molecule has 1 aromatic carbocycles. The van der Waals surface area contributed by atoms with E-state index in [0.717, 1.165) is 6.42 Å². The molecule has 0 aromatic heterocycles. The molecule has 0 fully saturated rings. The molecule has 1 atom stereocenters. The maximum absolute atomic E-state index is 5.79. The first-order valence-corrected chi connectivity index (χ1v) is 5.04. The van der Waals surface area contributed by atoms with Crippen LogP contribution in [-0.4, -0.2) is 11.9 Å². The second-order valence-corrected chi connectivity index (χ2v) is 3.86. The zero-order valence-corrected chi connectivity index (χ0v) is 8.93. The lowest BCUT2D eigenvalue weighted by Crippen LogP contribution is -2.24. The van der Waals surface area contributed by atoms with Crippen LogP contribution < -0.4 is 5.73 Å². The molecular formula is C11H16ClN. The van der Waals surface area contributed by atoms with Crippen molar-refractivity contribution in [3.63, 3.8) is 0 Å². The summed E-state index contributed by atoms with van der Waals surface area (Å²) in [7, 11) is 0. The average Bonchev–Trinajstić information content (AvgIpc) is 2.11. The van der Waals surface area contributed by atoms with Crippen molar-refractivity contribution in [2.24, 2.45) is 5.73 Å².